The smallest absolute Gasteiger partial charge is 0.223 e. The van der Waals surface area contributed by atoms with Crippen LogP contribution in [0.15, 0.2) is 12.2 Å². The molecule has 0 aliphatic heterocycles. The highest BCUT2D eigenvalue weighted by Gasteiger charge is 2.29. The highest BCUT2D eigenvalue weighted by Crippen LogP contribution is 2.29. The van der Waals surface area contributed by atoms with Gasteiger partial charge in [0.05, 0.1) is 6.10 Å². The molecule has 0 heterocycles. The second-order valence-corrected chi connectivity index (χ2v) is 10.1. The van der Waals surface area contributed by atoms with Crippen LogP contribution in [0.1, 0.15) is 105 Å². The van der Waals surface area contributed by atoms with E-state index in [4.69, 9.17) is 0 Å². The Kier molecular flexibility index (Phi) is 17.6. The van der Waals surface area contributed by atoms with Crippen LogP contribution in [-0.2, 0) is 4.79 Å². The lowest BCUT2D eigenvalue weighted by molar-refractivity contribution is -0.126. The van der Waals surface area contributed by atoms with E-state index in [1.807, 2.05) is 6.92 Å². The Bertz CT molecular complexity index is 478. The molecule has 0 aromatic heterocycles. The molecule has 1 aliphatic rings. The van der Waals surface area contributed by atoms with Gasteiger partial charge in [-0.25, -0.2) is 0 Å². The van der Waals surface area contributed by atoms with Gasteiger partial charge in [0.15, 0.2) is 0 Å². The van der Waals surface area contributed by atoms with Crippen LogP contribution in [0.3, 0.4) is 0 Å². The van der Waals surface area contributed by atoms with Gasteiger partial charge >= 0.3 is 0 Å². The fourth-order valence-corrected chi connectivity index (χ4v) is 4.65. The Balaban J connectivity index is 0.00000900. The van der Waals surface area contributed by atoms with Crippen molar-refractivity contribution in [1.82, 2.24) is 10.6 Å². The summed E-state index contributed by atoms with van der Waals surface area (Å²) in [5.41, 5.74) is 1.01. The second kappa shape index (κ2) is 17.9. The molecular formula is C26H51ClN2O2. The number of aliphatic hydroxyl groups excluding tert-OH is 1. The zero-order valence-electron chi connectivity index (χ0n) is 20.8. The Hall–Kier alpha value is -0.580. The number of allylic oxidation sites excluding steroid dienone is 1. The summed E-state index contributed by atoms with van der Waals surface area (Å²) < 4.78 is 0. The minimum Gasteiger partial charge on any atom is -0.391 e. The molecule has 1 rings (SSSR count). The number of halogens is 1. The van der Waals surface area contributed by atoms with Crippen molar-refractivity contribution in [3.8, 4) is 0 Å². The molecule has 1 saturated carbocycles. The first-order chi connectivity index (χ1) is 14.3. The van der Waals surface area contributed by atoms with E-state index in [1.165, 1.54) is 38.5 Å². The zero-order chi connectivity index (χ0) is 22.4. The first-order valence-electron chi connectivity index (χ1n) is 12.7. The Morgan fingerprint density at radius 1 is 1.13 bits per heavy atom. The number of unbranched alkanes of at least 4 members (excludes halogenated alkanes) is 1. The lowest BCUT2D eigenvalue weighted by Crippen LogP contribution is -2.44. The zero-order valence-corrected chi connectivity index (χ0v) is 21.6. The molecule has 3 atom stereocenters. The van der Waals surface area contributed by atoms with E-state index in [0.717, 1.165) is 44.3 Å². The summed E-state index contributed by atoms with van der Waals surface area (Å²) in [6.07, 6.45) is 12.7. The number of carbonyl (C=O) groups excluding carboxylic acids is 1. The highest BCUT2D eigenvalue weighted by molar-refractivity contribution is 5.85. The van der Waals surface area contributed by atoms with Gasteiger partial charge < -0.3 is 15.7 Å². The molecule has 3 unspecified atom stereocenters. The van der Waals surface area contributed by atoms with Gasteiger partial charge in [0, 0.05) is 18.5 Å². The van der Waals surface area contributed by atoms with Crippen molar-refractivity contribution in [3.05, 3.63) is 12.2 Å². The average Bonchev–Trinajstić information content (AvgIpc) is 2.70. The Morgan fingerprint density at radius 2 is 1.81 bits per heavy atom. The van der Waals surface area contributed by atoms with E-state index >= 15 is 0 Å². The lowest BCUT2D eigenvalue weighted by Gasteiger charge is -2.32. The Labute approximate surface area is 198 Å². The highest BCUT2D eigenvalue weighted by atomic mass is 35.5. The number of nitrogens with one attached hydrogen (secondary N) is 2. The summed E-state index contributed by atoms with van der Waals surface area (Å²) in [6.45, 7) is 14.3. The fraction of sp³-hybridized carbons (Fsp3) is 0.885. The molecule has 0 bridgehead atoms. The van der Waals surface area contributed by atoms with Crippen molar-refractivity contribution < 1.29 is 9.90 Å². The number of carbonyl (C=O) groups is 1. The third-order valence-corrected chi connectivity index (χ3v) is 6.46. The first kappa shape index (κ1) is 30.4. The van der Waals surface area contributed by atoms with Crippen LogP contribution in [0.2, 0.25) is 0 Å². The summed E-state index contributed by atoms with van der Waals surface area (Å²) >= 11 is 0. The number of rotatable bonds is 16. The second-order valence-electron chi connectivity index (χ2n) is 10.1. The van der Waals surface area contributed by atoms with Crippen LogP contribution < -0.4 is 10.6 Å². The molecule has 0 spiro atoms. The van der Waals surface area contributed by atoms with E-state index in [2.05, 4.69) is 38.0 Å². The van der Waals surface area contributed by atoms with Gasteiger partial charge in [-0.05, 0) is 63.8 Å². The fourth-order valence-electron chi connectivity index (χ4n) is 4.65. The van der Waals surface area contributed by atoms with Crippen LogP contribution in [0, 0.1) is 17.8 Å². The molecule has 1 aliphatic carbocycles. The van der Waals surface area contributed by atoms with Crippen molar-refractivity contribution in [2.75, 3.05) is 13.1 Å². The van der Waals surface area contributed by atoms with E-state index < -0.39 is 6.10 Å². The van der Waals surface area contributed by atoms with Crippen LogP contribution >= 0.6 is 12.4 Å². The van der Waals surface area contributed by atoms with Crippen LogP contribution in [-0.4, -0.2) is 36.2 Å². The van der Waals surface area contributed by atoms with Gasteiger partial charge in [-0.15, -0.1) is 19.0 Å². The molecule has 1 amide bonds. The molecule has 31 heavy (non-hydrogen) atoms. The molecule has 3 N–H and O–H groups in total. The van der Waals surface area contributed by atoms with Crippen molar-refractivity contribution >= 4 is 18.3 Å². The van der Waals surface area contributed by atoms with Gasteiger partial charge in [-0.1, -0.05) is 64.9 Å². The SMILES string of the molecule is C=C(C)CC(CC(O)C(CC1CCCCC1)NCCCC(C)C)C(=O)NCCCC.Cl. The molecule has 5 heteroatoms. The van der Waals surface area contributed by atoms with E-state index in [9.17, 15) is 9.90 Å². The van der Waals surface area contributed by atoms with E-state index in [-0.39, 0.29) is 30.3 Å². The maximum absolute atomic E-state index is 12.8. The monoisotopic (exact) mass is 458 g/mol. The molecular weight excluding hydrogens is 408 g/mol. The van der Waals surface area contributed by atoms with Gasteiger partial charge in [-0.3, -0.25) is 4.79 Å². The molecule has 0 aromatic rings. The van der Waals surface area contributed by atoms with Gasteiger partial charge in [0.2, 0.25) is 5.91 Å². The standard InChI is InChI=1S/C26H50N2O2.ClH/c1-6-7-15-28-26(30)23(17-21(4)5)19-25(29)24(27-16-11-12-20(2)3)18-22-13-9-8-10-14-22;/h20,22-25,27,29H,4,6-19H2,1-3,5H3,(H,28,30);1H. The summed E-state index contributed by atoms with van der Waals surface area (Å²) in [4.78, 5) is 12.8. The largest absolute Gasteiger partial charge is 0.391 e. The third-order valence-electron chi connectivity index (χ3n) is 6.46. The molecule has 0 aromatic carbocycles. The van der Waals surface area contributed by atoms with Crippen LogP contribution in [0.5, 0.6) is 0 Å². The average molecular weight is 459 g/mol. The van der Waals surface area contributed by atoms with Crippen LogP contribution in [0.4, 0.5) is 0 Å². The number of hydrogen-bond acceptors (Lipinski definition) is 3. The van der Waals surface area contributed by atoms with Crippen molar-refractivity contribution in [3.63, 3.8) is 0 Å². The summed E-state index contributed by atoms with van der Waals surface area (Å²) in [5, 5.41) is 17.9. The quantitative estimate of drug-likeness (QED) is 0.195. The minimum absolute atomic E-state index is 0. The maximum Gasteiger partial charge on any atom is 0.223 e. The lowest BCUT2D eigenvalue weighted by atomic mass is 9.82. The maximum atomic E-state index is 12.8. The van der Waals surface area contributed by atoms with Gasteiger partial charge in [0.25, 0.3) is 0 Å². The predicted octanol–water partition coefficient (Wildman–Crippen LogP) is 6.02. The Morgan fingerprint density at radius 3 is 2.39 bits per heavy atom. The summed E-state index contributed by atoms with van der Waals surface area (Å²) in [5.74, 6) is 1.29. The van der Waals surface area contributed by atoms with Gasteiger partial charge in [-0.2, -0.15) is 0 Å². The number of hydrogen-bond donors (Lipinski definition) is 3. The van der Waals surface area contributed by atoms with Gasteiger partial charge in [0.1, 0.15) is 0 Å². The van der Waals surface area contributed by atoms with E-state index in [0.29, 0.717) is 24.7 Å². The number of aliphatic hydroxyl groups is 1. The van der Waals surface area contributed by atoms with Crippen molar-refractivity contribution in [2.24, 2.45) is 17.8 Å². The molecule has 184 valence electrons. The first-order valence-corrected chi connectivity index (χ1v) is 12.7. The molecule has 0 radical (unpaired) electrons. The van der Waals surface area contributed by atoms with Crippen LogP contribution in [0.25, 0.3) is 0 Å². The third kappa shape index (κ3) is 14.2. The predicted molar refractivity (Wildman–Crippen MR) is 136 cm³/mol. The van der Waals surface area contributed by atoms with E-state index in [1.54, 1.807) is 0 Å². The van der Waals surface area contributed by atoms with Crippen molar-refractivity contribution in [1.29, 1.82) is 0 Å². The molecule has 0 saturated heterocycles. The minimum atomic E-state index is -0.493. The summed E-state index contributed by atoms with van der Waals surface area (Å²) in [6, 6.07) is 0.0799. The topological polar surface area (TPSA) is 61.4 Å². The number of amides is 1. The normalized spacial score (nSPS) is 17.6. The summed E-state index contributed by atoms with van der Waals surface area (Å²) in [7, 11) is 0. The molecule has 4 nitrogen and oxygen atoms in total. The van der Waals surface area contributed by atoms with Crippen molar-refractivity contribution in [2.45, 2.75) is 117 Å². The molecule has 1 fully saturated rings.